The maximum absolute atomic E-state index is 13.8. The van der Waals surface area contributed by atoms with Crippen LogP contribution in [0.5, 0.6) is 0 Å². The third kappa shape index (κ3) is 3.56. The molecule has 0 fully saturated rings. The average Bonchev–Trinajstić information content (AvgIpc) is 2.62. The number of halogens is 6. The lowest BCUT2D eigenvalue weighted by molar-refractivity contribution is -0.138. The van der Waals surface area contributed by atoms with Crippen LogP contribution in [0.4, 0.5) is 26.3 Å². The van der Waals surface area contributed by atoms with Crippen molar-refractivity contribution in [3.63, 3.8) is 0 Å². The summed E-state index contributed by atoms with van der Waals surface area (Å²) in [5.74, 6) is -0.583. The van der Waals surface area contributed by atoms with Gasteiger partial charge in [0.1, 0.15) is 0 Å². The molecular weight excluding hydrogens is 398 g/mol. The molecule has 2 aromatic rings. The van der Waals surface area contributed by atoms with E-state index in [1.165, 1.54) is 36.4 Å². The summed E-state index contributed by atoms with van der Waals surface area (Å²) in [5, 5.41) is -0.251. The van der Waals surface area contributed by atoms with E-state index >= 15 is 0 Å². The lowest BCUT2D eigenvalue weighted by atomic mass is 9.76. The predicted octanol–water partition coefficient (Wildman–Crippen LogP) is 7.30. The van der Waals surface area contributed by atoms with Crippen LogP contribution in [-0.2, 0) is 17.1 Å². The Hall–Kier alpha value is -1.89. The molecule has 0 nitrogen and oxygen atoms in total. The zero-order valence-corrected chi connectivity index (χ0v) is 15.9. The van der Waals surface area contributed by atoms with E-state index in [4.69, 9.17) is 0 Å². The Balaban J connectivity index is 2.41. The molecular formula is C21H18F6S. The molecule has 150 valence electrons. The van der Waals surface area contributed by atoms with Crippen LogP contribution in [-0.4, -0.2) is 5.25 Å². The van der Waals surface area contributed by atoms with Gasteiger partial charge in [0.15, 0.2) is 0 Å². The van der Waals surface area contributed by atoms with Crippen LogP contribution in [0.2, 0.25) is 0 Å². The highest BCUT2D eigenvalue weighted by Crippen LogP contribution is 2.57. The summed E-state index contributed by atoms with van der Waals surface area (Å²) in [5.41, 5.74) is -2.11. The van der Waals surface area contributed by atoms with Gasteiger partial charge in [-0.25, -0.2) is 0 Å². The molecule has 2 aromatic carbocycles. The van der Waals surface area contributed by atoms with Crippen LogP contribution in [0.3, 0.4) is 0 Å². The molecule has 0 amide bonds. The van der Waals surface area contributed by atoms with Gasteiger partial charge in [-0.1, -0.05) is 55.5 Å². The van der Waals surface area contributed by atoms with Crippen LogP contribution in [0.25, 0.3) is 0 Å². The number of allylic oxidation sites excluding steroid dienone is 1. The Morgan fingerprint density at radius 2 is 1.14 bits per heavy atom. The van der Waals surface area contributed by atoms with Crippen LogP contribution in [0.15, 0.2) is 60.7 Å². The standard InChI is InChI=1S/C21H18F6S/c1-13-11-12-14(2)28-19(13,15-7-3-5-9-17(15)20(22,23)24)16-8-4-6-10-18(16)21(25,26)27/h3-14H,1-2H3/t13-,14+/m0/s1. The fourth-order valence-corrected chi connectivity index (χ4v) is 5.43. The third-order valence-electron chi connectivity index (χ3n) is 4.95. The van der Waals surface area contributed by atoms with Gasteiger partial charge in [0.05, 0.1) is 15.9 Å². The molecule has 1 aliphatic rings. The van der Waals surface area contributed by atoms with Crippen molar-refractivity contribution in [1.82, 2.24) is 0 Å². The Kier molecular flexibility index (Phi) is 5.34. The summed E-state index contributed by atoms with van der Waals surface area (Å²) < 4.78 is 81.3. The molecule has 0 saturated carbocycles. The Bertz CT molecular complexity index is 823. The number of alkyl halides is 6. The van der Waals surface area contributed by atoms with E-state index < -0.39 is 34.1 Å². The number of rotatable bonds is 2. The van der Waals surface area contributed by atoms with Gasteiger partial charge in [-0.15, -0.1) is 11.8 Å². The second-order valence-corrected chi connectivity index (χ2v) is 8.44. The van der Waals surface area contributed by atoms with Gasteiger partial charge in [0.25, 0.3) is 0 Å². The molecule has 1 aliphatic heterocycles. The van der Waals surface area contributed by atoms with Crippen LogP contribution >= 0.6 is 11.8 Å². The van der Waals surface area contributed by atoms with E-state index in [2.05, 4.69) is 0 Å². The van der Waals surface area contributed by atoms with Gasteiger partial charge in [0, 0.05) is 5.25 Å². The SMILES string of the molecule is C[C@@H]1C=C[C@H](C)C(c2ccccc2C(F)(F)F)(c2ccccc2C(F)(F)F)S1. The van der Waals surface area contributed by atoms with Gasteiger partial charge >= 0.3 is 12.4 Å². The molecule has 0 aromatic heterocycles. The summed E-state index contributed by atoms with van der Waals surface area (Å²) >= 11 is 1.12. The Morgan fingerprint density at radius 1 is 0.714 bits per heavy atom. The number of hydrogen-bond acceptors (Lipinski definition) is 1. The maximum atomic E-state index is 13.8. The van der Waals surface area contributed by atoms with Gasteiger partial charge < -0.3 is 0 Å². The lowest BCUT2D eigenvalue weighted by Crippen LogP contribution is -2.38. The van der Waals surface area contributed by atoms with Gasteiger partial charge in [-0.2, -0.15) is 26.3 Å². The van der Waals surface area contributed by atoms with Crippen molar-refractivity contribution >= 4 is 11.8 Å². The van der Waals surface area contributed by atoms with Crippen molar-refractivity contribution in [2.24, 2.45) is 5.92 Å². The molecule has 0 N–H and O–H groups in total. The van der Waals surface area contributed by atoms with E-state index in [1.54, 1.807) is 19.9 Å². The first-order valence-corrected chi connectivity index (χ1v) is 9.55. The third-order valence-corrected chi connectivity index (χ3v) is 6.66. The van der Waals surface area contributed by atoms with Crippen LogP contribution < -0.4 is 0 Å². The molecule has 0 saturated heterocycles. The van der Waals surface area contributed by atoms with E-state index in [1.807, 2.05) is 6.08 Å². The highest BCUT2D eigenvalue weighted by Gasteiger charge is 2.50. The monoisotopic (exact) mass is 416 g/mol. The summed E-state index contributed by atoms with van der Waals surface area (Å²) in [6, 6.07) is 9.86. The zero-order valence-electron chi connectivity index (χ0n) is 15.1. The van der Waals surface area contributed by atoms with Gasteiger partial charge in [-0.3, -0.25) is 0 Å². The van der Waals surface area contributed by atoms with Crippen LogP contribution in [0, 0.1) is 5.92 Å². The fourth-order valence-electron chi connectivity index (χ4n) is 3.77. The quantitative estimate of drug-likeness (QED) is 0.366. The Morgan fingerprint density at radius 3 is 1.57 bits per heavy atom. The highest BCUT2D eigenvalue weighted by molar-refractivity contribution is 8.01. The normalized spacial score (nSPS) is 22.3. The van der Waals surface area contributed by atoms with Crippen molar-refractivity contribution < 1.29 is 26.3 Å². The molecule has 0 unspecified atom stereocenters. The second-order valence-electron chi connectivity index (χ2n) is 6.82. The first-order chi connectivity index (χ1) is 13.0. The molecule has 0 spiro atoms. The minimum absolute atomic E-state index is 0.145. The molecule has 1 heterocycles. The molecule has 2 atom stereocenters. The largest absolute Gasteiger partial charge is 0.416 e. The van der Waals surface area contributed by atoms with Crippen molar-refractivity contribution in [2.75, 3.05) is 0 Å². The maximum Gasteiger partial charge on any atom is 0.416 e. The molecule has 0 radical (unpaired) electrons. The average molecular weight is 416 g/mol. The van der Waals surface area contributed by atoms with Crippen LogP contribution in [0.1, 0.15) is 36.1 Å². The second kappa shape index (κ2) is 7.17. The Labute approximate surface area is 163 Å². The summed E-state index contributed by atoms with van der Waals surface area (Å²) in [4.78, 5) is 0. The van der Waals surface area contributed by atoms with E-state index in [-0.39, 0.29) is 16.4 Å². The lowest BCUT2D eigenvalue weighted by Gasteiger charge is -2.44. The summed E-state index contributed by atoms with van der Waals surface area (Å²) in [6.45, 7) is 3.43. The minimum Gasteiger partial charge on any atom is -0.166 e. The zero-order chi connectivity index (χ0) is 20.7. The number of benzene rings is 2. The minimum atomic E-state index is -4.68. The number of thioether (sulfide) groups is 1. The molecule has 28 heavy (non-hydrogen) atoms. The first-order valence-electron chi connectivity index (χ1n) is 8.67. The molecule has 0 aliphatic carbocycles. The van der Waals surface area contributed by atoms with Gasteiger partial charge in [-0.05, 0) is 36.1 Å². The molecule has 7 heteroatoms. The topological polar surface area (TPSA) is 0 Å². The number of hydrogen-bond donors (Lipinski definition) is 0. The van der Waals surface area contributed by atoms with Crippen molar-refractivity contribution in [2.45, 2.75) is 36.2 Å². The van der Waals surface area contributed by atoms with Crippen molar-refractivity contribution in [3.05, 3.63) is 82.9 Å². The highest BCUT2D eigenvalue weighted by atomic mass is 32.2. The van der Waals surface area contributed by atoms with E-state index in [0.717, 1.165) is 23.9 Å². The first kappa shape index (κ1) is 20.8. The predicted molar refractivity (Wildman–Crippen MR) is 99.0 cm³/mol. The van der Waals surface area contributed by atoms with E-state index in [0.29, 0.717) is 0 Å². The smallest absolute Gasteiger partial charge is 0.166 e. The molecule has 0 bridgehead atoms. The summed E-state index contributed by atoms with van der Waals surface area (Å²) in [7, 11) is 0. The summed E-state index contributed by atoms with van der Waals surface area (Å²) in [6.07, 6.45) is -5.83. The van der Waals surface area contributed by atoms with Gasteiger partial charge in [0.2, 0.25) is 0 Å². The van der Waals surface area contributed by atoms with E-state index in [9.17, 15) is 26.3 Å². The molecule has 3 rings (SSSR count). The fraction of sp³-hybridized carbons (Fsp3) is 0.333. The van der Waals surface area contributed by atoms with Crippen molar-refractivity contribution in [3.8, 4) is 0 Å². The van der Waals surface area contributed by atoms with Crippen molar-refractivity contribution in [1.29, 1.82) is 0 Å².